The van der Waals surface area contributed by atoms with Gasteiger partial charge in [0.25, 0.3) is 11.6 Å². The number of nitrogens with zero attached hydrogens (tertiary/aromatic N) is 1. The van der Waals surface area contributed by atoms with Crippen LogP contribution in [-0.2, 0) is 22.9 Å². The second-order valence-electron chi connectivity index (χ2n) is 5.95. The van der Waals surface area contributed by atoms with Crippen molar-refractivity contribution in [1.29, 1.82) is 0 Å². The number of carbonyl (C=O) groups is 2. The van der Waals surface area contributed by atoms with Crippen LogP contribution >= 0.6 is 0 Å². The fourth-order valence-electron chi connectivity index (χ4n) is 2.49. The second-order valence-corrected chi connectivity index (χ2v) is 5.95. The lowest BCUT2D eigenvalue weighted by Crippen LogP contribution is -2.34. The number of nitro groups is 1. The molecule has 0 atom stereocenters. The Bertz CT molecular complexity index is 916. The molecule has 2 aromatic carbocycles. The monoisotopic (exact) mass is 405 g/mol. The number of non-ortho nitro benzene ring substituents is 1. The molecular weight excluding hydrogens is 386 g/mol. The molecule has 0 unspecified atom stereocenters. The van der Waals surface area contributed by atoms with E-state index in [4.69, 9.17) is 10.1 Å². The SMILES string of the molecule is Cc1ccc(C(=O)O)c(C(=O)NCNOCc2cc([N+](=O)[O-])ccc2COO)c1. The Morgan fingerprint density at radius 2 is 1.86 bits per heavy atom. The maximum absolute atomic E-state index is 12.2. The standard InChI is InChI=1S/C18H19N3O8/c1-11-2-5-15(18(23)24)16(6-11)17(22)19-10-20-28-8-13-7-14(21(25)26)4-3-12(13)9-29-27/h2-7,20,27H,8-10H2,1H3,(H,19,22)(H,23,24). The molecule has 154 valence electrons. The molecule has 2 rings (SSSR count). The van der Waals surface area contributed by atoms with E-state index < -0.39 is 16.8 Å². The first kappa shape index (κ1) is 21.9. The molecule has 0 radical (unpaired) electrons. The van der Waals surface area contributed by atoms with Crippen LogP contribution in [0.15, 0.2) is 36.4 Å². The van der Waals surface area contributed by atoms with Crippen LogP contribution in [0.25, 0.3) is 0 Å². The van der Waals surface area contributed by atoms with Gasteiger partial charge in [0, 0.05) is 12.1 Å². The molecule has 0 aliphatic carbocycles. The number of hydroxylamine groups is 1. The summed E-state index contributed by atoms with van der Waals surface area (Å²) in [5, 5.41) is 31.1. The van der Waals surface area contributed by atoms with Crippen LogP contribution in [-0.4, -0.2) is 33.8 Å². The minimum atomic E-state index is -1.22. The number of carboxylic acid groups (broad SMARTS) is 1. The second kappa shape index (κ2) is 10.2. The number of hydrogen-bond donors (Lipinski definition) is 4. The highest BCUT2D eigenvalue weighted by Gasteiger charge is 2.16. The quantitative estimate of drug-likeness (QED) is 0.152. The van der Waals surface area contributed by atoms with E-state index >= 15 is 0 Å². The highest BCUT2D eigenvalue weighted by molar-refractivity contribution is 6.04. The van der Waals surface area contributed by atoms with Gasteiger partial charge in [-0.3, -0.25) is 25.0 Å². The highest BCUT2D eigenvalue weighted by atomic mass is 17.1. The van der Waals surface area contributed by atoms with Gasteiger partial charge >= 0.3 is 5.97 Å². The summed E-state index contributed by atoms with van der Waals surface area (Å²) in [5.41, 5.74) is 3.81. The van der Waals surface area contributed by atoms with E-state index in [2.05, 4.69) is 15.7 Å². The van der Waals surface area contributed by atoms with Crippen molar-refractivity contribution in [2.24, 2.45) is 0 Å². The Labute approximate surface area is 164 Å². The number of nitrogens with one attached hydrogen (secondary N) is 2. The smallest absolute Gasteiger partial charge is 0.336 e. The first-order chi connectivity index (χ1) is 13.8. The van der Waals surface area contributed by atoms with Crippen molar-refractivity contribution in [2.45, 2.75) is 20.1 Å². The fraction of sp³-hybridized carbons (Fsp3) is 0.222. The van der Waals surface area contributed by atoms with Crippen LogP contribution in [0.3, 0.4) is 0 Å². The Hall–Kier alpha value is -3.38. The lowest BCUT2D eigenvalue weighted by atomic mass is 10.0. The zero-order valence-corrected chi connectivity index (χ0v) is 15.4. The van der Waals surface area contributed by atoms with E-state index in [9.17, 15) is 24.8 Å². The van der Waals surface area contributed by atoms with Gasteiger partial charge in [0.15, 0.2) is 0 Å². The molecule has 11 nitrogen and oxygen atoms in total. The van der Waals surface area contributed by atoms with Crippen LogP contribution in [0, 0.1) is 17.0 Å². The average Bonchev–Trinajstić information content (AvgIpc) is 2.68. The number of carbonyl (C=O) groups excluding carboxylic acids is 1. The number of amides is 1. The van der Waals surface area contributed by atoms with Gasteiger partial charge in [0.05, 0.1) is 29.3 Å². The van der Waals surface area contributed by atoms with Gasteiger partial charge in [-0.05, 0) is 36.2 Å². The Morgan fingerprint density at radius 3 is 2.52 bits per heavy atom. The summed E-state index contributed by atoms with van der Waals surface area (Å²) in [6.45, 7) is 1.29. The third-order valence-electron chi connectivity index (χ3n) is 3.92. The molecule has 0 aliphatic rings. The molecule has 0 saturated carbocycles. The van der Waals surface area contributed by atoms with E-state index in [0.717, 1.165) is 5.56 Å². The molecular formula is C18H19N3O8. The molecule has 0 saturated heterocycles. The van der Waals surface area contributed by atoms with Crippen molar-refractivity contribution in [3.8, 4) is 0 Å². The molecule has 4 N–H and O–H groups in total. The van der Waals surface area contributed by atoms with Gasteiger partial charge in [0.2, 0.25) is 0 Å². The van der Waals surface area contributed by atoms with Crippen molar-refractivity contribution < 1.29 is 34.6 Å². The summed E-state index contributed by atoms with van der Waals surface area (Å²) in [4.78, 5) is 43.0. The minimum absolute atomic E-state index is 0.0142. The van der Waals surface area contributed by atoms with E-state index in [1.807, 2.05) is 0 Å². The molecule has 0 heterocycles. The lowest BCUT2D eigenvalue weighted by molar-refractivity contribution is -0.385. The number of benzene rings is 2. The van der Waals surface area contributed by atoms with Crippen LogP contribution in [0.4, 0.5) is 5.69 Å². The number of rotatable bonds is 10. The van der Waals surface area contributed by atoms with Crippen molar-refractivity contribution >= 4 is 17.6 Å². The van der Waals surface area contributed by atoms with E-state index in [0.29, 0.717) is 11.1 Å². The van der Waals surface area contributed by atoms with Crippen molar-refractivity contribution in [3.05, 3.63) is 74.3 Å². The zero-order valence-electron chi connectivity index (χ0n) is 15.4. The molecule has 1 amide bonds. The van der Waals surface area contributed by atoms with Gasteiger partial charge in [0.1, 0.15) is 6.61 Å². The third kappa shape index (κ3) is 6.05. The van der Waals surface area contributed by atoms with Crippen molar-refractivity contribution in [1.82, 2.24) is 10.8 Å². The third-order valence-corrected chi connectivity index (χ3v) is 3.92. The minimum Gasteiger partial charge on any atom is -0.478 e. The van der Waals surface area contributed by atoms with E-state index in [-0.39, 0.29) is 36.7 Å². The Balaban J connectivity index is 1.93. The molecule has 2 aromatic rings. The lowest BCUT2D eigenvalue weighted by Gasteiger charge is -2.11. The number of nitro benzene ring substituents is 1. The normalized spacial score (nSPS) is 10.6. The first-order valence-corrected chi connectivity index (χ1v) is 8.32. The highest BCUT2D eigenvalue weighted by Crippen LogP contribution is 2.19. The molecule has 0 aliphatic heterocycles. The predicted molar refractivity (Wildman–Crippen MR) is 98.9 cm³/mol. The van der Waals surface area contributed by atoms with Gasteiger partial charge < -0.3 is 10.4 Å². The van der Waals surface area contributed by atoms with Gasteiger partial charge in [-0.1, -0.05) is 11.6 Å². The Kier molecular flexibility index (Phi) is 7.74. The number of carboxylic acids is 1. The summed E-state index contributed by atoms with van der Waals surface area (Å²) >= 11 is 0. The maximum Gasteiger partial charge on any atom is 0.336 e. The maximum atomic E-state index is 12.2. The van der Waals surface area contributed by atoms with Gasteiger partial charge in [-0.15, -0.1) is 0 Å². The van der Waals surface area contributed by atoms with E-state index in [1.165, 1.54) is 30.3 Å². The molecule has 0 fully saturated rings. The predicted octanol–water partition coefficient (Wildman–Crippen LogP) is 2.00. The molecule has 0 aromatic heterocycles. The fourth-order valence-corrected chi connectivity index (χ4v) is 2.49. The average molecular weight is 405 g/mol. The van der Waals surface area contributed by atoms with Gasteiger partial charge in [-0.2, -0.15) is 5.48 Å². The van der Waals surface area contributed by atoms with Crippen LogP contribution < -0.4 is 10.8 Å². The van der Waals surface area contributed by atoms with Gasteiger partial charge in [-0.25, -0.2) is 9.68 Å². The zero-order chi connectivity index (χ0) is 21.4. The Morgan fingerprint density at radius 1 is 1.10 bits per heavy atom. The summed E-state index contributed by atoms with van der Waals surface area (Å²) < 4.78 is 0. The molecule has 0 spiro atoms. The number of aryl methyl sites for hydroxylation is 1. The van der Waals surface area contributed by atoms with Crippen molar-refractivity contribution in [2.75, 3.05) is 6.67 Å². The topological polar surface area (TPSA) is 160 Å². The van der Waals surface area contributed by atoms with Crippen molar-refractivity contribution in [3.63, 3.8) is 0 Å². The number of hydrogen-bond acceptors (Lipinski definition) is 8. The summed E-state index contributed by atoms with van der Waals surface area (Å²) in [7, 11) is 0. The molecule has 11 heteroatoms. The molecule has 0 bridgehead atoms. The number of aromatic carboxylic acids is 1. The summed E-state index contributed by atoms with van der Waals surface area (Å²) in [5.74, 6) is -1.82. The van der Waals surface area contributed by atoms with Crippen LogP contribution in [0.1, 0.15) is 37.4 Å². The molecule has 29 heavy (non-hydrogen) atoms. The van der Waals surface area contributed by atoms with Crippen LogP contribution in [0.2, 0.25) is 0 Å². The van der Waals surface area contributed by atoms with Crippen LogP contribution in [0.5, 0.6) is 0 Å². The first-order valence-electron chi connectivity index (χ1n) is 8.32. The van der Waals surface area contributed by atoms with E-state index in [1.54, 1.807) is 13.0 Å². The summed E-state index contributed by atoms with van der Waals surface area (Å²) in [6.07, 6.45) is 0. The summed E-state index contributed by atoms with van der Waals surface area (Å²) in [6, 6.07) is 8.38. The largest absolute Gasteiger partial charge is 0.478 e.